The van der Waals surface area contributed by atoms with Gasteiger partial charge < -0.3 is 15.5 Å². The Labute approximate surface area is 125 Å². The van der Waals surface area contributed by atoms with Gasteiger partial charge in [-0.3, -0.25) is 0 Å². The lowest BCUT2D eigenvalue weighted by molar-refractivity contribution is 0.0697. The topological polar surface area (TPSA) is 69.6 Å². The van der Waals surface area contributed by atoms with Crippen molar-refractivity contribution in [3.63, 3.8) is 0 Å². The van der Waals surface area contributed by atoms with Crippen LogP contribution in [-0.2, 0) is 13.1 Å². The molecule has 0 radical (unpaired) electrons. The Hall–Kier alpha value is -1.85. The van der Waals surface area contributed by atoms with Crippen LogP contribution in [0.1, 0.15) is 21.5 Å². The van der Waals surface area contributed by atoms with E-state index in [0.717, 1.165) is 15.6 Å². The summed E-state index contributed by atoms with van der Waals surface area (Å²) in [6, 6.07) is 12.0. The van der Waals surface area contributed by atoms with Crippen LogP contribution < -0.4 is 5.32 Å². The molecule has 0 saturated heterocycles. The summed E-state index contributed by atoms with van der Waals surface area (Å²) in [5.41, 5.74) is 2.33. The number of aromatic hydroxyl groups is 1. The number of benzene rings is 2. The van der Waals surface area contributed by atoms with Gasteiger partial charge in [-0.2, -0.15) is 0 Å². The molecule has 20 heavy (non-hydrogen) atoms. The number of phenolic OH excluding ortho intramolecular Hbond substituents is 1. The monoisotopic (exact) mass is 335 g/mol. The summed E-state index contributed by atoms with van der Waals surface area (Å²) in [4.78, 5) is 10.8. The van der Waals surface area contributed by atoms with Crippen LogP contribution in [-0.4, -0.2) is 16.2 Å². The van der Waals surface area contributed by atoms with Crippen molar-refractivity contribution < 1.29 is 15.0 Å². The van der Waals surface area contributed by atoms with E-state index in [0.29, 0.717) is 13.1 Å². The zero-order valence-corrected chi connectivity index (χ0v) is 12.2. The fourth-order valence-electron chi connectivity index (χ4n) is 1.78. The highest BCUT2D eigenvalue weighted by atomic mass is 79.9. The molecule has 2 aromatic rings. The van der Waals surface area contributed by atoms with Crippen molar-refractivity contribution >= 4 is 21.9 Å². The van der Waals surface area contributed by atoms with Gasteiger partial charge in [0.2, 0.25) is 0 Å². The Kier molecular flexibility index (Phi) is 4.76. The first-order valence-electron chi connectivity index (χ1n) is 6.06. The molecule has 0 unspecified atom stereocenters. The summed E-state index contributed by atoms with van der Waals surface area (Å²) < 4.78 is 0.774. The number of hydrogen-bond acceptors (Lipinski definition) is 3. The van der Waals surface area contributed by atoms with Crippen LogP contribution >= 0.6 is 15.9 Å². The van der Waals surface area contributed by atoms with Crippen LogP contribution in [0.5, 0.6) is 5.75 Å². The van der Waals surface area contributed by atoms with E-state index in [1.54, 1.807) is 30.3 Å². The molecule has 0 heterocycles. The predicted octanol–water partition coefficient (Wildman–Crippen LogP) is 3.14. The standard InChI is InChI=1S/C15H14BrNO3/c16-14-7-11(15(19)20)3-4-12(14)9-17-8-10-1-5-13(18)6-2-10/h1-7,17-18H,8-9H2,(H,19,20). The molecule has 104 valence electrons. The summed E-state index contributed by atoms with van der Waals surface area (Å²) in [6.45, 7) is 1.30. The van der Waals surface area contributed by atoms with Crippen molar-refractivity contribution in [2.45, 2.75) is 13.1 Å². The lowest BCUT2D eigenvalue weighted by Gasteiger charge is -2.08. The molecule has 2 rings (SSSR count). The van der Waals surface area contributed by atoms with E-state index in [-0.39, 0.29) is 11.3 Å². The van der Waals surface area contributed by atoms with Crippen LogP contribution in [0.3, 0.4) is 0 Å². The van der Waals surface area contributed by atoms with Gasteiger partial charge in [-0.1, -0.05) is 34.1 Å². The van der Waals surface area contributed by atoms with Gasteiger partial charge in [0.25, 0.3) is 0 Å². The van der Waals surface area contributed by atoms with E-state index in [2.05, 4.69) is 21.2 Å². The number of nitrogens with one attached hydrogen (secondary N) is 1. The van der Waals surface area contributed by atoms with Gasteiger partial charge in [0, 0.05) is 17.6 Å². The highest BCUT2D eigenvalue weighted by Gasteiger charge is 2.06. The maximum absolute atomic E-state index is 10.8. The van der Waals surface area contributed by atoms with Gasteiger partial charge in [-0.25, -0.2) is 4.79 Å². The number of hydrogen-bond donors (Lipinski definition) is 3. The van der Waals surface area contributed by atoms with Gasteiger partial charge in [-0.15, -0.1) is 0 Å². The molecular weight excluding hydrogens is 322 g/mol. The number of carboxylic acids is 1. The lowest BCUT2D eigenvalue weighted by Crippen LogP contribution is -2.13. The number of aromatic carboxylic acids is 1. The average Bonchev–Trinajstić information content (AvgIpc) is 2.42. The van der Waals surface area contributed by atoms with Crippen molar-refractivity contribution in [1.82, 2.24) is 5.32 Å². The van der Waals surface area contributed by atoms with E-state index < -0.39 is 5.97 Å². The summed E-state index contributed by atoms with van der Waals surface area (Å²) in [7, 11) is 0. The molecule has 0 aliphatic heterocycles. The molecule has 0 bridgehead atoms. The third-order valence-electron chi connectivity index (χ3n) is 2.88. The van der Waals surface area contributed by atoms with Crippen molar-refractivity contribution in [1.29, 1.82) is 0 Å². The number of carbonyl (C=O) groups is 1. The Morgan fingerprint density at radius 1 is 1.10 bits per heavy atom. The summed E-state index contributed by atoms with van der Waals surface area (Å²) in [5.74, 6) is -0.685. The molecule has 2 aromatic carbocycles. The highest BCUT2D eigenvalue weighted by molar-refractivity contribution is 9.10. The minimum absolute atomic E-state index is 0.251. The van der Waals surface area contributed by atoms with Crippen LogP contribution in [0.2, 0.25) is 0 Å². The van der Waals surface area contributed by atoms with Gasteiger partial charge in [0.15, 0.2) is 0 Å². The maximum Gasteiger partial charge on any atom is 0.335 e. The second-order valence-corrected chi connectivity index (χ2v) is 5.24. The van der Waals surface area contributed by atoms with Gasteiger partial charge in [-0.05, 0) is 35.4 Å². The Morgan fingerprint density at radius 2 is 1.80 bits per heavy atom. The smallest absolute Gasteiger partial charge is 0.335 e. The molecule has 0 atom stereocenters. The SMILES string of the molecule is O=C(O)c1ccc(CNCc2ccc(O)cc2)c(Br)c1. The molecular formula is C15H14BrNO3. The van der Waals surface area contributed by atoms with Crippen LogP contribution in [0.15, 0.2) is 46.9 Å². The molecule has 0 aliphatic rings. The normalized spacial score (nSPS) is 10.4. The molecule has 0 amide bonds. The number of phenols is 1. The number of rotatable bonds is 5. The molecule has 3 N–H and O–H groups in total. The first-order chi connectivity index (χ1) is 9.56. The van der Waals surface area contributed by atoms with E-state index in [9.17, 15) is 9.90 Å². The van der Waals surface area contributed by atoms with Gasteiger partial charge in [0.1, 0.15) is 5.75 Å². The van der Waals surface area contributed by atoms with Gasteiger partial charge >= 0.3 is 5.97 Å². The van der Waals surface area contributed by atoms with Crippen LogP contribution in [0.25, 0.3) is 0 Å². The molecule has 0 aromatic heterocycles. The van der Waals surface area contributed by atoms with Crippen molar-refractivity contribution in [2.75, 3.05) is 0 Å². The van der Waals surface area contributed by atoms with E-state index >= 15 is 0 Å². The summed E-state index contributed by atoms with van der Waals surface area (Å²) in [6.07, 6.45) is 0. The molecule has 0 spiro atoms. The summed E-state index contributed by atoms with van der Waals surface area (Å²) >= 11 is 3.38. The highest BCUT2D eigenvalue weighted by Crippen LogP contribution is 2.19. The summed E-state index contributed by atoms with van der Waals surface area (Å²) in [5, 5.41) is 21.4. The zero-order valence-electron chi connectivity index (χ0n) is 10.6. The van der Waals surface area contributed by atoms with E-state index in [4.69, 9.17) is 5.11 Å². The first kappa shape index (κ1) is 14.6. The maximum atomic E-state index is 10.8. The third kappa shape index (κ3) is 3.82. The Morgan fingerprint density at radius 3 is 2.40 bits per heavy atom. The van der Waals surface area contributed by atoms with Gasteiger partial charge in [0.05, 0.1) is 5.56 Å². The number of halogens is 1. The molecule has 4 nitrogen and oxygen atoms in total. The number of carboxylic acid groups (broad SMARTS) is 1. The van der Waals surface area contributed by atoms with Crippen molar-refractivity contribution in [2.24, 2.45) is 0 Å². The average molecular weight is 336 g/mol. The largest absolute Gasteiger partial charge is 0.508 e. The fraction of sp³-hybridized carbons (Fsp3) is 0.133. The van der Waals surface area contributed by atoms with Crippen LogP contribution in [0.4, 0.5) is 0 Å². The second kappa shape index (κ2) is 6.54. The van der Waals surface area contributed by atoms with Crippen LogP contribution in [0, 0.1) is 0 Å². The van der Waals surface area contributed by atoms with E-state index in [1.807, 2.05) is 12.1 Å². The van der Waals surface area contributed by atoms with E-state index in [1.165, 1.54) is 0 Å². The minimum Gasteiger partial charge on any atom is -0.508 e. The predicted molar refractivity (Wildman–Crippen MR) is 79.8 cm³/mol. The van der Waals surface area contributed by atoms with Crippen molar-refractivity contribution in [3.05, 3.63) is 63.6 Å². The minimum atomic E-state index is -0.936. The second-order valence-electron chi connectivity index (χ2n) is 4.38. The fourth-order valence-corrected chi connectivity index (χ4v) is 2.30. The third-order valence-corrected chi connectivity index (χ3v) is 3.62. The van der Waals surface area contributed by atoms with Crippen molar-refractivity contribution in [3.8, 4) is 5.75 Å². The molecule has 0 fully saturated rings. The molecule has 0 saturated carbocycles. The molecule has 5 heteroatoms. The quantitative estimate of drug-likeness (QED) is 0.785. The lowest BCUT2D eigenvalue weighted by atomic mass is 10.1. The zero-order chi connectivity index (χ0) is 14.5. The molecule has 0 aliphatic carbocycles. The Bertz CT molecular complexity index is 611. The first-order valence-corrected chi connectivity index (χ1v) is 6.86. The Balaban J connectivity index is 1.94.